The molecule has 0 aliphatic carbocycles. The van der Waals surface area contributed by atoms with Crippen molar-refractivity contribution in [2.75, 3.05) is 9.80 Å². The van der Waals surface area contributed by atoms with Gasteiger partial charge in [-0.3, -0.25) is 0 Å². The van der Waals surface area contributed by atoms with Crippen LogP contribution in [-0.4, -0.2) is 41.2 Å². The standard InChI is InChI=1S/C60H65B2N3O4/c1-40-14-24-45(25-15-40)63(47-30-20-43(21-31-47)61-66-57(6,7)58(8,9)67-61)50-34-36-54-52(38-50)53-39-51(35-37-55(53)65(54)49-28-18-42(19-29-49)56(3,4)5)64(46-26-16-41(2)17-27-46)48-32-22-44(23-33-48)62-68-59(10,11)60(12,13)69-62/h14-39H,1-13H3. The van der Waals surface area contributed by atoms with Gasteiger partial charge in [0.25, 0.3) is 0 Å². The van der Waals surface area contributed by atoms with Gasteiger partial charge >= 0.3 is 14.2 Å². The van der Waals surface area contributed by atoms with E-state index in [1.54, 1.807) is 0 Å². The SMILES string of the molecule is Cc1ccc(N(c2ccc(B3OC(C)(C)C(C)(C)O3)cc2)c2ccc3c(c2)c2cc(N(c4ccc(C)cc4)c4ccc(B5OC(C)(C)C(C)(C)O5)cc4)ccc2n3-c2ccc(C(C)(C)C)cc2)cc1. The predicted molar refractivity (Wildman–Crippen MR) is 290 cm³/mol. The fourth-order valence-corrected chi connectivity index (χ4v) is 9.47. The Morgan fingerprint density at radius 3 is 1.01 bits per heavy atom. The first-order valence-electron chi connectivity index (χ1n) is 24.4. The summed E-state index contributed by atoms with van der Waals surface area (Å²) in [7, 11) is -0.892. The second-order valence-corrected chi connectivity index (χ2v) is 22.2. The van der Waals surface area contributed by atoms with E-state index in [4.69, 9.17) is 18.6 Å². The van der Waals surface area contributed by atoms with Crippen LogP contribution in [0.1, 0.15) is 92.9 Å². The summed E-state index contributed by atoms with van der Waals surface area (Å²) >= 11 is 0. The molecular weight excluding hydrogens is 848 g/mol. The molecule has 0 bridgehead atoms. The molecule has 0 radical (unpaired) electrons. The molecule has 7 aromatic carbocycles. The van der Waals surface area contributed by atoms with Crippen LogP contribution in [0.3, 0.4) is 0 Å². The number of aryl methyl sites for hydroxylation is 2. The molecule has 9 heteroatoms. The van der Waals surface area contributed by atoms with Gasteiger partial charge in [-0.2, -0.15) is 0 Å². The maximum Gasteiger partial charge on any atom is 0.494 e. The zero-order valence-electron chi connectivity index (χ0n) is 42.6. The second kappa shape index (κ2) is 16.8. The van der Waals surface area contributed by atoms with E-state index >= 15 is 0 Å². The van der Waals surface area contributed by atoms with E-state index in [-0.39, 0.29) is 5.41 Å². The lowest BCUT2D eigenvalue weighted by Gasteiger charge is -2.32. The van der Waals surface area contributed by atoms with E-state index in [1.165, 1.54) is 16.7 Å². The number of nitrogens with zero attached hydrogens (tertiary/aromatic N) is 3. The van der Waals surface area contributed by atoms with Gasteiger partial charge in [-0.15, -0.1) is 0 Å². The molecule has 7 nitrogen and oxygen atoms in total. The molecule has 2 fully saturated rings. The average molecular weight is 914 g/mol. The van der Waals surface area contributed by atoms with Gasteiger partial charge in [-0.1, -0.05) is 92.6 Å². The third kappa shape index (κ3) is 8.48. The third-order valence-electron chi connectivity index (χ3n) is 15.2. The lowest BCUT2D eigenvalue weighted by atomic mass is 9.79. The Hall–Kier alpha value is -6.09. The highest BCUT2D eigenvalue weighted by Gasteiger charge is 2.52. The Balaban J connectivity index is 1.13. The number of rotatable bonds is 9. The van der Waals surface area contributed by atoms with Crippen molar-refractivity contribution >= 4 is 81.1 Å². The van der Waals surface area contributed by atoms with E-state index in [1.807, 2.05) is 0 Å². The van der Waals surface area contributed by atoms with Crippen LogP contribution in [0.5, 0.6) is 0 Å². The van der Waals surface area contributed by atoms with Crippen LogP contribution < -0.4 is 20.7 Å². The summed E-state index contributed by atoms with van der Waals surface area (Å²) in [6, 6.07) is 57.7. The molecule has 0 spiro atoms. The second-order valence-electron chi connectivity index (χ2n) is 22.2. The van der Waals surface area contributed by atoms with Crippen molar-refractivity contribution < 1.29 is 18.6 Å². The number of hydrogen-bond donors (Lipinski definition) is 0. The number of fused-ring (bicyclic) bond motifs is 3. The Morgan fingerprint density at radius 2 is 0.696 bits per heavy atom. The highest BCUT2D eigenvalue weighted by molar-refractivity contribution is 6.62. The largest absolute Gasteiger partial charge is 0.494 e. The summed E-state index contributed by atoms with van der Waals surface area (Å²) in [6.45, 7) is 27.8. The topological polar surface area (TPSA) is 48.3 Å². The predicted octanol–water partition coefficient (Wildman–Crippen LogP) is 14.2. The van der Waals surface area contributed by atoms with E-state index in [0.29, 0.717) is 0 Å². The molecular formula is C60H65B2N3O4. The fourth-order valence-electron chi connectivity index (χ4n) is 9.47. The minimum Gasteiger partial charge on any atom is -0.399 e. The maximum atomic E-state index is 6.46. The van der Waals surface area contributed by atoms with Crippen molar-refractivity contribution in [2.24, 2.45) is 0 Å². The summed E-state index contributed by atoms with van der Waals surface area (Å²) < 4.78 is 28.3. The Kier molecular flexibility index (Phi) is 11.4. The number of aromatic nitrogens is 1. The quantitative estimate of drug-likeness (QED) is 0.135. The van der Waals surface area contributed by atoms with Crippen molar-refractivity contribution in [1.29, 1.82) is 0 Å². The van der Waals surface area contributed by atoms with Crippen molar-refractivity contribution in [2.45, 2.75) is 118 Å². The van der Waals surface area contributed by atoms with E-state index < -0.39 is 36.6 Å². The number of benzene rings is 7. The molecule has 2 saturated heterocycles. The minimum atomic E-state index is -0.446. The Labute approximate surface area is 410 Å². The van der Waals surface area contributed by atoms with Crippen LogP contribution >= 0.6 is 0 Å². The minimum absolute atomic E-state index is 0.0348. The first-order chi connectivity index (χ1) is 32.6. The van der Waals surface area contributed by atoms with Gasteiger partial charge < -0.3 is 33.0 Å². The van der Waals surface area contributed by atoms with Crippen LogP contribution in [0.4, 0.5) is 34.1 Å². The first kappa shape index (κ1) is 46.6. The first-order valence-corrected chi connectivity index (χ1v) is 24.4. The monoisotopic (exact) mass is 914 g/mol. The maximum absolute atomic E-state index is 6.46. The Morgan fingerprint density at radius 1 is 0.391 bits per heavy atom. The highest BCUT2D eigenvalue weighted by Crippen LogP contribution is 2.44. The van der Waals surface area contributed by atoms with Crippen molar-refractivity contribution in [3.8, 4) is 5.69 Å². The number of anilines is 6. The smallest absolute Gasteiger partial charge is 0.399 e. The van der Waals surface area contributed by atoms with Gasteiger partial charge in [0.15, 0.2) is 0 Å². The molecule has 3 heterocycles. The summed E-state index contributed by atoms with van der Waals surface area (Å²) in [4.78, 5) is 4.69. The molecule has 0 atom stereocenters. The summed E-state index contributed by atoms with van der Waals surface area (Å²) in [5, 5.41) is 2.30. The molecule has 350 valence electrons. The van der Waals surface area contributed by atoms with Gasteiger partial charge in [-0.25, -0.2) is 0 Å². The lowest BCUT2D eigenvalue weighted by Crippen LogP contribution is -2.41. The van der Waals surface area contributed by atoms with Crippen LogP contribution in [0.25, 0.3) is 27.5 Å². The van der Waals surface area contributed by atoms with E-state index in [0.717, 1.165) is 72.5 Å². The molecule has 69 heavy (non-hydrogen) atoms. The number of hydrogen-bond acceptors (Lipinski definition) is 6. The van der Waals surface area contributed by atoms with Gasteiger partial charge in [0, 0.05) is 50.6 Å². The molecule has 10 rings (SSSR count). The lowest BCUT2D eigenvalue weighted by molar-refractivity contribution is 0.00578. The van der Waals surface area contributed by atoms with E-state index in [2.05, 4.69) is 262 Å². The van der Waals surface area contributed by atoms with E-state index in [9.17, 15) is 0 Å². The highest BCUT2D eigenvalue weighted by atomic mass is 16.7. The molecule has 2 aliphatic heterocycles. The van der Waals surface area contributed by atoms with Gasteiger partial charge in [-0.05, 0) is 188 Å². The van der Waals surface area contributed by atoms with Crippen LogP contribution in [0, 0.1) is 13.8 Å². The van der Waals surface area contributed by atoms with Crippen molar-refractivity contribution in [3.05, 3.63) is 174 Å². The van der Waals surface area contributed by atoms with Crippen LogP contribution in [0.2, 0.25) is 0 Å². The third-order valence-corrected chi connectivity index (χ3v) is 15.2. The van der Waals surface area contributed by atoms with Gasteiger partial charge in [0.2, 0.25) is 0 Å². The van der Waals surface area contributed by atoms with Gasteiger partial charge in [0.1, 0.15) is 0 Å². The normalized spacial score (nSPS) is 17.2. The Bertz CT molecular complexity index is 2950. The molecule has 0 unspecified atom stereocenters. The molecule has 0 saturated carbocycles. The fraction of sp³-hybridized carbons (Fsp3) is 0.300. The zero-order valence-corrected chi connectivity index (χ0v) is 42.6. The zero-order chi connectivity index (χ0) is 48.8. The van der Waals surface area contributed by atoms with Crippen molar-refractivity contribution in [1.82, 2.24) is 4.57 Å². The molecule has 2 aliphatic rings. The molecule has 0 amide bonds. The average Bonchev–Trinajstić information content (AvgIpc) is 3.84. The van der Waals surface area contributed by atoms with Crippen LogP contribution in [-0.2, 0) is 24.0 Å². The molecule has 8 aromatic rings. The summed E-state index contributed by atoms with van der Waals surface area (Å²) in [6.07, 6.45) is 0. The summed E-state index contributed by atoms with van der Waals surface area (Å²) in [5.41, 5.74) is 13.7. The van der Waals surface area contributed by atoms with Crippen LogP contribution in [0.15, 0.2) is 158 Å². The molecule has 0 N–H and O–H groups in total. The van der Waals surface area contributed by atoms with Gasteiger partial charge in [0.05, 0.1) is 33.4 Å². The van der Waals surface area contributed by atoms with Crippen molar-refractivity contribution in [3.63, 3.8) is 0 Å². The summed E-state index contributed by atoms with van der Waals surface area (Å²) in [5.74, 6) is 0. The molecule has 1 aromatic heterocycles.